The average Bonchev–Trinajstić information content (AvgIpc) is 2.69. The number of carbonyl (C=O) groups excluding carboxylic acids is 2. The topological polar surface area (TPSA) is 120 Å². The average molecular weight is 387 g/mol. The van der Waals surface area contributed by atoms with Gasteiger partial charge in [-0.25, -0.2) is 0 Å². The van der Waals surface area contributed by atoms with Crippen molar-refractivity contribution in [2.45, 2.75) is 13.8 Å². The largest absolute Gasteiger partial charge is 0.493 e. The van der Waals surface area contributed by atoms with Crippen LogP contribution in [0.25, 0.3) is 0 Å². The van der Waals surface area contributed by atoms with Crippen LogP contribution in [0, 0.1) is 16.0 Å². The maximum absolute atomic E-state index is 12.0. The third-order valence-corrected chi connectivity index (χ3v) is 3.43. The van der Waals surface area contributed by atoms with Gasteiger partial charge in [0.15, 0.2) is 6.61 Å². The third kappa shape index (κ3) is 6.60. The summed E-state index contributed by atoms with van der Waals surface area (Å²) in [6.07, 6.45) is 0. The molecule has 2 aromatic rings. The molecule has 2 aromatic carbocycles. The van der Waals surface area contributed by atoms with Crippen molar-refractivity contribution >= 4 is 17.5 Å². The first-order chi connectivity index (χ1) is 13.3. The maximum atomic E-state index is 12.0. The SMILES string of the molecule is CC(C)COc1ccc(C(=O)NNC(=O)COc2ccc([N+](=O)[O-])cc2)cc1. The number of hydrogen-bond donors (Lipinski definition) is 2. The first kappa shape index (κ1) is 20.7. The molecule has 0 saturated heterocycles. The van der Waals surface area contributed by atoms with E-state index in [1.165, 1.54) is 24.3 Å². The van der Waals surface area contributed by atoms with Gasteiger partial charge in [-0.3, -0.25) is 30.6 Å². The molecular weight excluding hydrogens is 366 g/mol. The maximum Gasteiger partial charge on any atom is 0.276 e. The molecule has 2 N–H and O–H groups in total. The Bertz CT molecular complexity index is 819. The van der Waals surface area contributed by atoms with Crippen LogP contribution in [0.5, 0.6) is 11.5 Å². The molecule has 0 fully saturated rings. The number of amides is 2. The number of benzene rings is 2. The zero-order valence-electron chi connectivity index (χ0n) is 15.5. The van der Waals surface area contributed by atoms with E-state index in [9.17, 15) is 19.7 Å². The minimum Gasteiger partial charge on any atom is -0.493 e. The number of hydrogen-bond acceptors (Lipinski definition) is 6. The number of nitro groups is 1. The molecule has 9 heteroatoms. The summed E-state index contributed by atoms with van der Waals surface area (Å²) in [5.74, 6) is 0.281. The van der Waals surface area contributed by atoms with Crippen molar-refractivity contribution in [1.82, 2.24) is 10.9 Å². The van der Waals surface area contributed by atoms with Gasteiger partial charge in [0.2, 0.25) is 0 Å². The van der Waals surface area contributed by atoms with E-state index in [2.05, 4.69) is 10.9 Å². The van der Waals surface area contributed by atoms with Gasteiger partial charge in [-0.15, -0.1) is 0 Å². The van der Waals surface area contributed by atoms with Gasteiger partial charge in [-0.05, 0) is 42.3 Å². The van der Waals surface area contributed by atoms with Gasteiger partial charge in [0, 0.05) is 17.7 Å². The lowest BCUT2D eigenvalue weighted by molar-refractivity contribution is -0.384. The fraction of sp³-hybridized carbons (Fsp3) is 0.263. The van der Waals surface area contributed by atoms with Crippen LogP contribution >= 0.6 is 0 Å². The Labute approximate surface area is 161 Å². The van der Waals surface area contributed by atoms with Gasteiger partial charge < -0.3 is 9.47 Å². The van der Waals surface area contributed by atoms with E-state index in [1.54, 1.807) is 24.3 Å². The molecule has 0 unspecified atom stereocenters. The highest BCUT2D eigenvalue weighted by Crippen LogP contribution is 2.17. The van der Waals surface area contributed by atoms with Gasteiger partial charge in [-0.1, -0.05) is 13.8 Å². The van der Waals surface area contributed by atoms with Crippen molar-refractivity contribution in [3.05, 3.63) is 64.2 Å². The second kappa shape index (κ2) is 9.91. The first-order valence-corrected chi connectivity index (χ1v) is 8.54. The van der Waals surface area contributed by atoms with Crippen molar-refractivity contribution in [3.8, 4) is 11.5 Å². The zero-order valence-corrected chi connectivity index (χ0v) is 15.5. The third-order valence-electron chi connectivity index (χ3n) is 3.43. The lowest BCUT2D eigenvalue weighted by atomic mass is 10.2. The molecule has 0 spiro atoms. The number of nitro benzene ring substituents is 1. The molecule has 0 saturated carbocycles. The van der Waals surface area contributed by atoms with E-state index in [0.717, 1.165) is 0 Å². The van der Waals surface area contributed by atoms with E-state index in [-0.39, 0.29) is 12.3 Å². The monoisotopic (exact) mass is 387 g/mol. The van der Waals surface area contributed by atoms with Crippen molar-refractivity contribution in [2.75, 3.05) is 13.2 Å². The second-order valence-corrected chi connectivity index (χ2v) is 6.27. The second-order valence-electron chi connectivity index (χ2n) is 6.27. The number of hydrazine groups is 1. The molecular formula is C19H21N3O6. The van der Waals surface area contributed by atoms with Crippen molar-refractivity contribution in [1.29, 1.82) is 0 Å². The molecule has 9 nitrogen and oxygen atoms in total. The van der Waals surface area contributed by atoms with Crippen molar-refractivity contribution in [2.24, 2.45) is 5.92 Å². The quantitative estimate of drug-likeness (QED) is 0.530. The summed E-state index contributed by atoms with van der Waals surface area (Å²) in [6.45, 7) is 4.29. The van der Waals surface area contributed by atoms with Gasteiger partial charge in [0.1, 0.15) is 11.5 Å². The number of nitrogens with zero attached hydrogens (tertiary/aromatic N) is 1. The van der Waals surface area contributed by atoms with E-state index in [1.807, 2.05) is 13.8 Å². The number of nitrogens with one attached hydrogen (secondary N) is 2. The Hall–Kier alpha value is -3.62. The van der Waals surface area contributed by atoms with Crippen LogP contribution < -0.4 is 20.3 Å². The predicted molar refractivity (Wildman–Crippen MR) is 101 cm³/mol. The van der Waals surface area contributed by atoms with E-state index >= 15 is 0 Å². The van der Waals surface area contributed by atoms with Crippen molar-refractivity contribution in [3.63, 3.8) is 0 Å². The molecule has 0 aliphatic rings. The van der Waals surface area contributed by atoms with Crippen LogP contribution in [-0.4, -0.2) is 30.0 Å². The van der Waals surface area contributed by atoms with E-state index in [0.29, 0.717) is 29.6 Å². The molecule has 0 bridgehead atoms. The Kier molecular flexibility index (Phi) is 7.32. The summed E-state index contributed by atoms with van der Waals surface area (Å²) in [7, 11) is 0. The van der Waals surface area contributed by atoms with Crippen LogP contribution in [-0.2, 0) is 4.79 Å². The van der Waals surface area contributed by atoms with Gasteiger partial charge >= 0.3 is 0 Å². The fourth-order valence-electron chi connectivity index (χ4n) is 2.01. The summed E-state index contributed by atoms with van der Waals surface area (Å²) in [5.41, 5.74) is 4.79. The Balaban J connectivity index is 1.75. The zero-order chi connectivity index (χ0) is 20.5. The predicted octanol–water partition coefficient (Wildman–Crippen LogP) is 2.47. The lowest BCUT2D eigenvalue weighted by Crippen LogP contribution is -2.43. The summed E-state index contributed by atoms with van der Waals surface area (Å²) >= 11 is 0. The number of ether oxygens (including phenoxy) is 2. The van der Waals surface area contributed by atoms with E-state index < -0.39 is 16.7 Å². The smallest absolute Gasteiger partial charge is 0.276 e. The Morgan fingerprint density at radius 2 is 1.54 bits per heavy atom. The number of carbonyl (C=O) groups is 2. The fourth-order valence-corrected chi connectivity index (χ4v) is 2.01. The molecule has 0 atom stereocenters. The standard InChI is InChI=1S/C19H21N3O6/c1-13(2)11-27-16-7-3-14(4-8-16)19(24)21-20-18(23)12-28-17-9-5-15(6-10-17)22(25)26/h3-10,13H,11-12H2,1-2H3,(H,20,23)(H,21,24). The highest BCUT2D eigenvalue weighted by atomic mass is 16.6. The normalized spacial score (nSPS) is 10.2. The minimum atomic E-state index is -0.580. The molecule has 0 aromatic heterocycles. The Morgan fingerprint density at radius 1 is 0.964 bits per heavy atom. The van der Waals surface area contributed by atoms with E-state index in [4.69, 9.17) is 9.47 Å². The molecule has 0 heterocycles. The van der Waals surface area contributed by atoms with Gasteiger partial charge in [0.05, 0.1) is 11.5 Å². The highest BCUT2D eigenvalue weighted by molar-refractivity contribution is 5.95. The van der Waals surface area contributed by atoms with Crippen LogP contribution in [0.15, 0.2) is 48.5 Å². The van der Waals surface area contributed by atoms with Crippen LogP contribution in [0.4, 0.5) is 5.69 Å². The summed E-state index contributed by atoms with van der Waals surface area (Å²) in [6, 6.07) is 11.8. The van der Waals surface area contributed by atoms with Crippen LogP contribution in [0.1, 0.15) is 24.2 Å². The highest BCUT2D eigenvalue weighted by Gasteiger charge is 2.09. The molecule has 2 amide bonds. The molecule has 148 valence electrons. The first-order valence-electron chi connectivity index (χ1n) is 8.54. The summed E-state index contributed by atoms with van der Waals surface area (Å²) < 4.78 is 10.7. The number of non-ortho nitro benzene ring substituents is 1. The molecule has 0 aliphatic heterocycles. The molecule has 0 radical (unpaired) electrons. The summed E-state index contributed by atoms with van der Waals surface area (Å²) in [5, 5.41) is 10.6. The van der Waals surface area contributed by atoms with Crippen molar-refractivity contribution < 1.29 is 24.0 Å². The molecule has 28 heavy (non-hydrogen) atoms. The van der Waals surface area contributed by atoms with Crippen LogP contribution in [0.2, 0.25) is 0 Å². The van der Waals surface area contributed by atoms with Gasteiger partial charge in [-0.2, -0.15) is 0 Å². The Morgan fingerprint density at radius 3 is 2.11 bits per heavy atom. The minimum absolute atomic E-state index is 0.0790. The van der Waals surface area contributed by atoms with Gasteiger partial charge in [0.25, 0.3) is 17.5 Å². The summed E-state index contributed by atoms with van der Waals surface area (Å²) in [4.78, 5) is 33.8. The van der Waals surface area contributed by atoms with Crippen LogP contribution in [0.3, 0.4) is 0 Å². The molecule has 0 aliphatic carbocycles. The lowest BCUT2D eigenvalue weighted by Gasteiger charge is -2.10. The molecule has 2 rings (SSSR count). The number of rotatable bonds is 8.